The first kappa shape index (κ1) is 25.6. The predicted molar refractivity (Wildman–Crippen MR) is 96.0 cm³/mol. The molecule has 23 heavy (non-hydrogen) atoms. The molecule has 0 aromatic rings. The van der Waals surface area contributed by atoms with Gasteiger partial charge in [0.25, 0.3) is 0 Å². The van der Waals surface area contributed by atoms with E-state index in [1.807, 2.05) is 20.8 Å². The molecule has 0 bridgehead atoms. The highest BCUT2D eigenvalue weighted by Crippen LogP contribution is 2.21. The van der Waals surface area contributed by atoms with Crippen LogP contribution in [-0.2, 0) is 13.3 Å². The van der Waals surface area contributed by atoms with E-state index in [4.69, 9.17) is 13.3 Å². The van der Waals surface area contributed by atoms with Crippen LogP contribution in [0.4, 0.5) is 0 Å². The van der Waals surface area contributed by atoms with Crippen molar-refractivity contribution >= 4 is 8.80 Å². The van der Waals surface area contributed by atoms with Crippen LogP contribution in [0, 0.1) is 0 Å². The van der Waals surface area contributed by atoms with E-state index < -0.39 is 8.80 Å². The summed E-state index contributed by atoms with van der Waals surface area (Å²) in [5, 5.41) is 0. The molecule has 6 heteroatoms. The second-order valence-corrected chi connectivity index (χ2v) is 8.70. The number of hydrogen-bond donors (Lipinski definition) is 0. The van der Waals surface area contributed by atoms with Gasteiger partial charge in [-0.05, 0) is 40.0 Å². The van der Waals surface area contributed by atoms with Crippen LogP contribution in [0.3, 0.4) is 0 Å². The lowest BCUT2D eigenvalue weighted by molar-refractivity contribution is -0.926. The SMILES string of the molecule is CCC[N+](CCC)(CCC)CC[Si](OCC)(OCC)OCC.[Cl-]. The standard InChI is InChI=1S/C17H40NO3Si.ClH/c1-7-13-18(14-8-2,15-9-3)16-17-22(19-10-4,20-11-5)21-12-6;/h7-17H2,1-6H3;1H/q+1;/p-1. The Morgan fingerprint density at radius 3 is 1.22 bits per heavy atom. The Bertz CT molecular complexity index is 210. The van der Waals surface area contributed by atoms with E-state index in [2.05, 4.69) is 20.8 Å². The summed E-state index contributed by atoms with van der Waals surface area (Å²) in [5.74, 6) is 0. The summed E-state index contributed by atoms with van der Waals surface area (Å²) in [6.45, 7) is 19.8. The fraction of sp³-hybridized carbons (Fsp3) is 1.00. The molecule has 0 aromatic carbocycles. The van der Waals surface area contributed by atoms with Crippen molar-refractivity contribution in [2.24, 2.45) is 0 Å². The lowest BCUT2D eigenvalue weighted by Crippen LogP contribution is -3.00. The van der Waals surface area contributed by atoms with Crippen molar-refractivity contribution in [1.29, 1.82) is 0 Å². The van der Waals surface area contributed by atoms with Crippen LogP contribution in [0.2, 0.25) is 6.04 Å². The van der Waals surface area contributed by atoms with Gasteiger partial charge in [-0.1, -0.05) is 20.8 Å². The fourth-order valence-electron chi connectivity index (χ4n) is 3.47. The molecule has 0 atom stereocenters. The second kappa shape index (κ2) is 14.7. The molecule has 0 unspecified atom stereocenters. The summed E-state index contributed by atoms with van der Waals surface area (Å²) in [4.78, 5) is 0. The van der Waals surface area contributed by atoms with Gasteiger partial charge in [0, 0.05) is 19.8 Å². The first-order valence-electron chi connectivity index (χ1n) is 9.34. The van der Waals surface area contributed by atoms with Crippen LogP contribution in [0.15, 0.2) is 0 Å². The third-order valence-corrected chi connectivity index (χ3v) is 7.10. The van der Waals surface area contributed by atoms with Gasteiger partial charge < -0.3 is 30.2 Å². The van der Waals surface area contributed by atoms with Gasteiger partial charge in [-0.15, -0.1) is 0 Å². The number of nitrogens with zero attached hydrogens (tertiary/aromatic N) is 1. The first-order valence-corrected chi connectivity index (χ1v) is 11.3. The molecule has 0 amide bonds. The average Bonchev–Trinajstić information content (AvgIpc) is 2.47. The normalized spacial score (nSPS) is 12.3. The predicted octanol–water partition coefficient (Wildman–Crippen LogP) is 1.09. The molecular formula is C17H40ClNO3Si. The van der Waals surface area contributed by atoms with Crippen molar-refractivity contribution in [1.82, 2.24) is 0 Å². The minimum absolute atomic E-state index is 0. The van der Waals surface area contributed by atoms with Crippen molar-refractivity contribution in [3.63, 3.8) is 0 Å². The Hall–Kier alpha value is 0.347. The zero-order valence-electron chi connectivity index (χ0n) is 16.3. The molecule has 0 aliphatic heterocycles. The molecule has 0 saturated carbocycles. The van der Waals surface area contributed by atoms with Crippen molar-refractivity contribution in [3.8, 4) is 0 Å². The van der Waals surface area contributed by atoms with Gasteiger partial charge in [-0.2, -0.15) is 0 Å². The van der Waals surface area contributed by atoms with Crippen LogP contribution in [0.5, 0.6) is 0 Å². The molecule has 0 aliphatic carbocycles. The average molecular weight is 370 g/mol. The van der Waals surface area contributed by atoms with E-state index in [0.29, 0.717) is 19.8 Å². The third-order valence-electron chi connectivity index (χ3n) is 4.08. The third kappa shape index (κ3) is 9.42. The Balaban J connectivity index is 0. The van der Waals surface area contributed by atoms with E-state index in [9.17, 15) is 0 Å². The van der Waals surface area contributed by atoms with Gasteiger partial charge in [0.05, 0.1) is 32.2 Å². The monoisotopic (exact) mass is 369 g/mol. The topological polar surface area (TPSA) is 27.7 Å². The maximum atomic E-state index is 6.02. The summed E-state index contributed by atoms with van der Waals surface area (Å²) < 4.78 is 19.3. The summed E-state index contributed by atoms with van der Waals surface area (Å²) in [6, 6.07) is 0.933. The zero-order chi connectivity index (χ0) is 16.9. The largest absolute Gasteiger partial charge is 1.00 e. The molecule has 0 aliphatic rings. The second-order valence-electron chi connectivity index (χ2n) is 5.97. The smallest absolute Gasteiger partial charge is 0.506 e. The summed E-state index contributed by atoms with van der Waals surface area (Å²) in [7, 11) is -2.51. The highest BCUT2D eigenvalue weighted by atomic mass is 35.5. The minimum Gasteiger partial charge on any atom is -1.00 e. The van der Waals surface area contributed by atoms with Crippen LogP contribution in [-0.4, -0.2) is 59.3 Å². The van der Waals surface area contributed by atoms with E-state index in [1.54, 1.807) is 0 Å². The van der Waals surface area contributed by atoms with Gasteiger partial charge in [0.15, 0.2) is 0 Å². The fourth-order valence-corrected chi connectivity index (χ4v) is 6.22. The molecule has 0 aromatic heterocycles. The number of halogens is 1. The maximum absolute atomic E-state index is 6.02. The number of hydrogen-bond acceptors (Lipinski definition) is 3. The Labute approximate surface area is 152 Å². The van der Waals surface area contributed by atoms with Gasteiger partial charge in [0.1, 0.15) is 0 Å². The van der Waals surface area contributed by atoms with Gasteiger partial charge in [-0.25, -0.2) is 0 Å². The molecule has 4 nitrogen and oxygen atoms in total. The summed E-state index contributed by atoms with van der Waals surface area (Å²) in [5.41, 5.74) is 0. The Morgan fingerprint density at radius 1 is 0.609 bits per heavy atom. The minimum atomic E-state index is -2.51. The molecule has 0 saturated heterocycles. The molecule has 142 valence electrons. The highest BCUT2D eigenvalue weighted by Gasteiger charge is 2.43. The Kier molecular flexibility index (Phi) is 16.3. The zero-order valence-corrected chi connectivity index (χ0v) is 18.1. The maximum Gasteiger partial charge on any atom is 0.506 e. The van der Waals surface area contributed by atoms with Crippen LogP contribution < -0.4 is 12.4 Å². The van der Waals surface area contributed by atoms with Gasteiger partial charge in [0.2, 0.25) is 0 Å². The van der Waals surface area contributed by atoms with E-state index >= 15 is 0 Å². The first-order chi connectivity index (χ1) is 10.6. The van der Waals surface area contributed by atoms with Crippen LogP contribution in [0.1, 0.15) is 60.8 Å². The quantitative estimate of drug-likeness (QED) is 0.319. The number of quaternary nitrogens is 1. The highest BCUT2D eigenvalue weighted by molar-refractivity contribution is 6.60. The van der Waals surface area contributed by atoms with Crippen molar-refractivity contribution < 1.29 is 30.2 Å². The summed E-state index contributed by atoms with van der Waals surface area (Å²) >= 11 is 0. The summed E-state index contributed by atoms with van der Waals surface area (Å²) in [6.07, 6.45) is 3.69. The molecule has 0 N–H and O–H groups in total. The molecule has 0 radical (unpaired) electrons. The van der Waals surface area contributed by atoms with Crippen molar-refractivity contribution in [2.45, 2.75) is 66.8 Å². The van der Waals surface area contributed by atoms with E-state index in [1.165, 1.54) is 43.4 Å². The van der Waals surface area contributed by atoms with Crippen molar-refractivity contribution in [3.05, 3.63) is 0 Å². The Morgan fingerprint density at radius 2 is 0.957 bits per heavy atom. The molecule has 0 spiro atoms. The molecular weight excluding hydrogens is 330 g/mol. The lowest BCUT2D eigenvalue weighted by Gasteiger charge is -2.40. The lowest BCUT2D eigenvalue weighted by atomic mass is 10.2. The van der Waals surface area contributed by atoms with E-state index in [-0.39, 0.29) is 12.4 Å². The van der Waals surface area contributed by atoms with Gasteiger partial charge in [-0.3, -0.25) is 0 Å². The van der Waals surface area contributed by atoms with Crippen LogP contribution >= 0.6 is 0 Å². The van der Waals surface area contributed by atoms with E-state index in [0.717, 1.165) is 12.6 Å². The van der Waals surface area contributed by atoms with Crippen LogP contribution in [0.25, 0.3) is 0 Å². The van der Waals surface area contributed by atoms with Gasteiger partial charge >= 0.3 is 8.80 Å². The number of rotatable bonds is 15. The molecule has 0 fully saturated rings. The molecule has 0 heterocycles. The molecule has 0 rings (SSSR count). The van der Waals surface area contributed by atoms with Crippen molar-refractivity contribution in [2.75, 3.05) is 46.0 Å².